The van der Waals surface area contributed by atoms with Gasteiger partial charge in [-0.2, -0.15) is 0 Å². The molecule has 0 aliphatic carbocycles. The standard InChI is InChI=1S/C28H48O10/c1-2-6-27(7-3-1)26-36-23-22-34-19-18-32-15-14-30-11-10-29-12-13-31-16-17-33-20-21-35-24-25-38-28-8-4-5-9-37-28/h1-3,6-7,28H,4-5,8-26H2. The van der Waals surface area contributed by atoms with E-state index in [1.807, 2.05) is 30.3 Å². The van der Waals surface area contributed by atoms with Crippen LogP contribution in [0.2, 0.25) is 0 Å². The molecule has 1 aliphatic heterocycles. The normalized spacial score (nSPS) is 15.7. The van der Waals surface area contributed by atoms with Gasteiger partial charge in [0.1, 0.15) is 0 Å². The minimum Gasteiger partial charge on any atom is -0.377 e. The van der Waals surface area contributed by atoms with E-state index in [9.17, 15) is 0 Å². The topological polar surface area (TPSA) is 92.3 Å². The first-order valence-corrected chi connectivity index (χ1v) is 13.8. The van der Waals surface area contributed by atoms with Gasteiger partial charge in [0.2, 0.25) is 0 Å². The minimum atomic E-state index is -0.0597. The van der Waals surface area contributed by atoms with Gasteiger partial charge in [0.25, 0.3) is 0 Å². The van der Waals surface area contributed by atoms with Crippen LogP contribution < -0.4 is 0 Å². The zero-order valence-electron chi connectivity index (χ0n) is 22.9. The Kier molecular flexibility index (Phi) is 22.7. The van der Waals surface area contributed by atoms with Gasteiger partial charge in [-0.1, -0.05) is 30.3 Å². The summed E-state index contributed by atoms with van der Waals surface area (Å²) in [5, 5.41) is 0. The van der Waals surface area contributed by atoms with Crippen molar-refractivity contribution in [3.05, 3.63) is 35.9 Å². The van der Waals surface area contributed by atoms with E-state index in [4.69, 9.17) is 47.4 Å². The van der Waals surface area contributed by atoms with Crippen LogP contribution in [0.4, 0.5) is 0 Å². The molecule has 1 saturated heterocycles. The summed E-state index contributed by atoms with van der Waals surface area (Å²) < 4.78 is 55.0. The quantitative estimate of drug-likeness (QED) is 0.154. The van der Waals surface area contributed by atoms with Gasteiger partial charge in [-0.3, -0.25) is 0 Å². The van der Waals surface area contributed by atoms with Crippen LogP contribution in [0.15, 0.2) is 30.3 Å². The van der Waals surface area contributed by atoms with E-state index in [1.54, 1.807) is 0 Å². The average molecular weight is 545 g/mol. The Morgan fingerprint density at radius 3 is 1.34 bits per heavy atom. The van der Waals surface area contributed by atoms with E-state index in [0.29, 0.717) is 112 Å². The molecule has 10 nitrogen and oxygen atoms in total. The van der Waals surface area contributed by atoms with Gasteiger partial charge in [0, 0.05) is 6.61 Å². The molecule has 1 unspecified atom stereocenters. The molecule has 1 aromatic rings. The summed E-state index contributed by atoms with van der Waals surface area (Å²) in [7, 11) is 0. The van der Waals surface area contributed by atoms with E-state index in [1.165, 1.54) is 6.42 Å². The lowest BCUT2D eigenvalue weighted by atomic mass is 10.2. The molecule has 0 radical (unpaired) electrons. The molecule has 2 rings (SSSR count). The lowest BCUT2D eigenvalue weighted by Crippen LogP contribution is -2.24. The SMILES string of the molecule is c1ccc(COCCOCCOCCOCCOCCOCCOCCOCCOC2CCCCO2)cc1. The van der Waals surface area contributed by atoms with Crippen LogP contribution in [0.3, 0.4) is 0 Å². The van der Waals surface area contributed by atoms with E-state index in [2.05, 4.69) is 0 Å². The highest BCUT2D eigenvalue weighted by Gasteiger charge is 2.13. The van der Waals surface area contributed by atoms with Crippen molar-refractivity contribution >= 4 is 0 Å². The summed E-state index contributed by atoms with van der Waals surface area (Å²) in [5.41, 5.74) is 1.16. The van der Waals surface area contributed by atoms with E-state index >= 15 is 0 Å². The van der Waals surface area contributed by atoms with Gasteiger partial charge in [0.05, 0.1) is 112 Å². The van der Waals surface area contributed by atoms with Crippen LogP contribution >= 0.6 is 0 Å². The number of benzene rings is 1. The first-order valence-electron chi connectivity index (χ1n) is 13.8. The molecule has 0 amide bonds. The monoisotopic (exact) mass is 544 g/mol. The molecular weight excluding hydrogens is 496 g/mol. The van der Waals surface area contributed by atoms with Crippen molar-refractivity contribution in [1.29, 1.82) is 0 Å². The van der Waals surface area contributed by atoms with E-state index in [-0.39, 0.29) is 6.29 Å². The van der Waals surface area contributed by atoms with Crippen molar-refractivity contribution in [1.82, 2.24) is 0 Å². The lowest BCUT2D eigenvalue weighted by molar-refractivity contribution is -0.169. The van der Waals surface area contributed by atoms with Gasteiger partial charge in [-0.15, -0.1) is 0 Å². The van der Waals surface area contributed by atoms with Crippen molar-refractivity contribution in [3.63, 3.8) is 0 Å². The van der Waals surface area contributed by atoms with Crippen LogP contribution in [-0.2, 0) is 54.0 Å². The summed E-state index contributed by atoms with van der Waals surface area (Å²) >= 11 is 0. The minimum absolute atomic E-state index is 0.0597. The molecule has 1 aliphatic rings. The maximum absolute atomic E-state index is 5.60. The van der Waals surface area contributed by atoms with E-state index < -0.39 is 0 Å². The van der Waals surface area contributed by atoms with Crippen LogP contribution in [0.25, 0.3) is 0 Å². The third-order valence-corrected chi connectivity index (χ3v) is 5.38. The second-order valence-electron chi connectivity index (χ2n) is 8.49. The summed E-state index contributed by atoms with van der Waals surface area (Å²) in [6.45, 7) is 10.0. The Balaban J connectivity index is 1.15. The third-order valence-electron chi connectivity index (χ3n) is 5.38. The number of hydrogen-bond donors (Lipinski definition) is 0. The molecule has 1 atom stereocenters. The molecule has 1 fully saturated rings. The van der Waals surface area contributed by atoms with Crippen LogP contribution in [-0.4, -0.2) is 119 Å². The van der Waals surface area contributed by atoms with Gasteiger partial charge >= 0.3 is 0 Å². The summed E-state index contributed by atoms with van der Waals surface area (Å²) in [6, 6.07) is 10.1. The average Bonchev–Trinajstić information content (AvgIpc) is 2.96. The largest absolute Gasteiger partial charge is 0.377 e. The fourth-order valence-corrected chi connectivity index (χ4v) is 3.38. The second kappa shape index (κ2) is 26.1. The Labute approximate surface area is 228 Å². The van der Waals surface area contributed by atoms with Crippen molar-refractivity contribution in [2.45, 2.75) is 32.2 Å². The van der Waals surface area contributed by atoms with Crippen LogP contribution in [0, 0.1) is 0 Å². The van der Waals surface area contributed by atoms with Crippen molar-refractivity contribution in [2.75, 3.05) is 112 Å². The highest BCUT2D eigenvalue weighted by atomic mass is 16.7. The molecule has 1 aromatic carbocycles. The molecule has 220 valence electrons. The first kappa shape index (κ1) is 33.0. The van der Waals surface area contributed by atoms with Crippen LogP contribution in [0.5, 0.6) is 0 Å². The number of ether oxygens (including phenoxy) is 10. The molecule has 0 N–H and O–H groups in total. The van der Waals surface area contributed by atoms with Crippen molar-refractivity contribution in [2.24, 2.45) is 0 Å². The van der Waals surface area contributed by atoms with Gasteiger partial charge in [0.15, 0.2) is 6.29 Å². The molecule has 0 bridgehead atoms. The highest BCUT2D eigenvalue weighted by Crippen LogP contribution is 2.13. The fraction of sp³-hybridized carbons (Fsp3) is 0.786. The summed E-state index contributed by atoms with van der Waals surface area (Å²) in [5.74, 6) is 0. The zero-order valence-corrected chi connectivity index (χ0v) is 22.9. The van der Waals surface area contributed by atoms with Crippen molar-refractivity contribution in [3.8, 4) is 0 Å². The van der Waals surface area contributed by atoms with Gasteiger partial charge < -0.3 is 47.4 Å². The molecule has 0 spiro atoms. The Hall–Kier alpha value is -1.18. The molecule has 0 saturated carbocycles. The summed E-state index contributed by atoms with van der Waals surface area (Å²) in [4.78, 5) is 0. The van der Waals surface area contributed by atoms with E-state index in [0.717, 1.165) is 25.0 Å². The Bertz CT molecular complexity index is 601. The molecule has 0 aromatic heterocycles. The Morgan fingerprint density at radius 1 is 0.500 bits per heavy atom. The molecule has 1 heterocycles. The molecule has 10 heteroatoms. The predicted octanol–water partition coefficient (Wildman–Crippen LogP) is 2.86. The van der Waals surface area contributed by atoms with Crippen LogP contribution in [0.1, 0.15) is 24.8 Å². The predicted molar refractivity (Wildman–Crippen MR) is 141 cm³/mol. The third kappa shape index (κ3) is 20.7. The fourth-order valence-electron chi connectivity index (χ4n) is 3.38. The zero-order chi connectivity index (χ0) is 26.6. The van der Waals surface area contributed by atoms with Crippen molar-refractivity contribution < 1.29 is 47.4 Å². The molecular formula is C28H48O10. The Morgan fingerprint density at radius 2 is 0.921 bits per heavy atom. The van der Waals surface area contributed by atoms with Gasteiger partial charge in [-0.25, -0.2) is 0 Å². The lowest BCUT2D eigenvalue weighted by Gasteiger charge is -2.22. The molecule has 38 heavy (non-hydrogen) atoms. The van der Waals surface area contributed by atoms with Gasteiger partial charge in [-0.05, 0) is 24.8 Å². The first-order chi connectivity index (χ1) is 18.9. The number of rotatable bonds is 27. The summed E-state index contributed by atoms with van der Waals surface area (Å²) in [6.07, 6.45) is 3.21. The maximum atomic E-state index is 5.60. The highest BCUT2D eigenvalue weighted by molar-refractivity contribution is 5.13. The maximum Gasteiger partial charge on any atom is 0.157 e. The second-order valence-corrected chi connectivity index (χ2v) is 8.49. The number of hydrogen-bond acceptors (Lipinski definition) is 10. The smallest absolute Gasteiger partial charge is 0.157 e.